The molecule has 0 radical (unpaired) electrons. The smallest absolute Gasteiger partial charge is 0.334 e. The lowest BCUT2D eigenvalue weighted by molar-refractivity contribution is -0.140. The number of carbonyl (C=O) groups is 1. The first-order valence-corrected chi connectivity index (χ1v) is 6.46. The van der Waals surface area contributed by atoms with Crippen LogP contribution in [0.3, 0.4) is 0 Å². The molecule has 0 saturated carbocycles. The Hall–Kier alpha value is -0.840. The van der Waals surface area contributed by atoms with Crippen LogP contribution in [-0.4, -0.2) is 25.6 Å². The summed E-state index contributed by atoms with van der Waals surface area (Å²) in [5.41, 5.74) is -0.911. The average Bonchev–Trinajstić information content (AvgIpc) is 2.01. The highest BCUT2D eigenvalue weighted by atomic mass is 32.2. The van der Waals surface area contributed by atoms with Crippen molar-refractivity contribution in [3.05, 3.63) is 12.2 Å². The molecule has 0 heterocycles. The number of sulfone groups is 1. The van der Waals surface area contributed by atoms with Crippen LogP contribution in [0, 0.1) is 5.92 Å². The highest BCUT2D eigenvalue weighted by molar-refractivity contribution is 7.91. The van der Waals surface area contributed by atoms with E-state index in [9.17, 15) is 13.2 Å². The molecule has 0 aromatic rings. The van der Waals surface area contributed by atoms with Crippen LogP contribution in [0.15, 0.2) is 12.2 Å². The van der Waals surface area contributed by atoms with Crippen molar-refractivity contribution in [1.29, 1.82) is 0 Å². The third-order valence-corrected chi connectivity index (χ3v) is 3.93. The van der Waals surface area contributed by atoms with Gasteiger partial charge in [-0.1, -0.05) is 20.4 Å². The Bertz CT molecular complexity index is 340. The minimum Gasteiger partial charge on any atom is -0.443 e. The Labute approximate surface area is 91.2 Å². The van der Waals surface area contributed by atoms with Crippen molar-refractivity contribution in [2.75, 3.05) is 5.75 Å². The van der Waals surface area contributed by atoms with Gasteiger partial charge in [-0.05, 0) is 19.8 Å². The van der Waals surface area contributed by atoms with Gasteiger partial charge in [0.2, 0.25) is 0 Å². The van der Waals surface area contributed by atoms with E-state index in [1.54, 1.807) is 13.8 Å². The lowest BCUT2D eigenvalue weighted by atomic mass is 10.3. The maximum Gasteiger partial charge on any atom is 0.334 e. The van der Waals surface area contributed by atoms with Crippen LogP contribution in [0.4, 0.5) is 0 Å². The lowest BCUT2D eigenvalue weighted by Gasteiger charge is -2.15. The van der Waals surface area contributed by atoms with Crippen molar-refractivity contribution in [1.82, 2.24) is 0 Å². The van der Waals surface area contributed by atoms with E-state index in [1.165, 1.54) is 13.8 Å². The van der Waals surface area contributed by atoms with E-state index in [0.29, 0.717) is 0 Å². The average molecular weight is 234 g/mol. The van der Waals surface area contributed by atoms with Gasteiger partial charge in [-0.25, -0.2) is 13.2 Å². The van der Waals surface area contributed by atoms with E-state index < -0.39 is 21.2 Å². The molecule has 0 aliphatic carbocycles. The molecule has 0 rings (SSSR count). The van der Waals surface area contributed by atoms with Gasteiger partial charge in [-0.15, -0.1) is 0 Å². The molecular weight excluding hydrogens is 216 g/mol. The third kappa shape index (κ3) is 4.97. The molecule has 1 unspecified atom stereocenters. The van der Waals surface area contributed by atoms with Crippen LogP contribution in [-0.2, 0) is 19.4 Å². The third-order valence-electron chi connectivity index (χ3n) is 1.69. The van der Waals surface area contributed by atoms with Crippen molar-refractivity contribution in [2.24, 2.45) is 5.92 Å². The number of rotatable bonds is 5. The summed E-state index contributed by atoms with van der Waals surface area (Å²) in [6.07, 6.45) is 0. The van der Waals surface area contributed by atoms with Crippen LogP contribution in [0.2, 0.25) is 0 Å². The van der Waals surface area contributed by atoms with Crippen LogP contribution < -0.4 is 0 Å². The fourth-order valence-corrected chi connectivity index (χ4v) is 2.36. The fourth-order valence-electron chi connectivity index (χ4n) is 0.925. The second-order valence-corrected chi connectivity index (χ2v) is 6.30. The predicted octanol–water partition coefficient (Wildman–Crippen LogP) is 1.52. The van der Waals surface area contributed by atoms with Gasteiger partial charge in [0.25, 0.3) is 0 Å². The van der Waals surface area contributed by atoms with Crippen LogP contribution >= 0.6 is 0 Å². The van der Waals surface area contributed by atoms with E-state index in [-0.39, 0.29) is 17.2 Å². The number of esters is 1. The molecule has 88 valence electrons. The van der Waals surface area contributed by atoms with E-state index in [1.807, 2.05) is 0 Å². The number of hydrogen-bond acceptors (Lipinski definition) is 4. The van der Waals surface area contributed by atoms with Crippen molar-refractivity contribution in [2.45, 2.75) is 33.1 Å². The van der Waals surface area contributed by atoms with Crippen LogP contribution in [0.5, 0.6) is 0 Å². The largest absolute Gasteiger partial charge is 0.443 e. The molecule has 0 aromatic carbocycles. The molecule has 0 bridgehead atoms. The predicted molar refractivity (Wildman–Crippen MR) is 59.0 cm³/mol. The molecule has 15 heavy (non-hydrogen) atoms. The highest BCUT2D eigenvalue weighted by Gasteiger charge is 2.25. The number of carbonyl (C=O) groups excluding carboxylic acids is 1. The van der Waals surface area contributed by atoms with E-state index in [2.05, 4.69) is 6.58 Å². The van der Waals surface area contributed by atoms with Crippen LogP contribution in [0.1, 0.15) is 27.7 Å². The minimum absolute atomic E-state index is 0.0115. The summed E-state index contributed by atoms with van der Waals surface area (Å²) in [6.45, 7) is 9.81. The molecule has 0 spiro atoms. The molecule has 1 atom stereocenters. The number of ether oxygens (including phenoxy) is 1. The summed E-state index contributed by atoms with van der Waals surface area (Å²) in [5.74, 6) is -0.645. The summed E-state index contributed by atoms with van der Waals surface area (Å²) in [4.78, 5) is 11.1. The Morgan fingerprint density at radius 2 is 1.80 bits per heavy atom. The molecule has 0 N–H and O–H groups in total. The van der Waals surface area contributed by atoms with Gasteiger partial charge in [0.15, 0.2) is 15.3 Å². The monoisotopic (exact) mass is 234 g/mol. The topological polar surface area (TPSA) is 60.4 Å². The molecule has 0 aliphatic heterocycles. The quantitative estimate of drug-likeness (QED) is 0.534. The zero-order valence-electron chi connectivity index (χ0n) is 9.61. The zero-order chi connectivity index (χ0) is 12.2. The number of hydrogen-bond donors (Lipinski definition) is 0. The summed E-state index contributed by atoms with van der Waals surface area (Å²) in [6, 6.07) is 0. The van der Waals surface area contributed by atoms with Gasteiger partial charge in [0.1, 0.15) is 0 Å². The first kappa shape index (κ1) is 14.2. The van der Waals surface area contributed by atoms with Gasteiger partial charge in [-0.3, -0.25) is 0 Å². The second-order valence-electron chi connectivity index (χ2n) is 3.98. The highest BCUT2D eigenvalue weighted by Crippen LogP contribution is 2.10. The summed E-state index contributed by atoms with van der Waals surface area (Å²) in [5, 5.41) is 0. The Kier molecular flexibility index (Phi) is 5.00. The fraction of sp³-hybridized carbons (Fsp3) is 0.700. The Balaban J connectivity index is 4.51. The van der Waals surface area contributed by atoms with E-state index in [4.69, 9.17) is 4.74 Å². The Morgan fingerprint density at radius 1 is 1.33 bits per heavy atom. The SMILES string of the molecule is C=C(C)C(=O)OC(C)S(=O)(=O)CC(C)C. The van der Waals surface area contributed by atoms with E-state index in [0.717, 1.165) is 0 Å². The maximum absolute atomic E-state index is 11.6. The lowest BCUT2D eigenvalue weighted by Crippen LogP contribution is -2.28. The molecule has 0 aromatic heterocycles. The van der Waals surface area contributed by atoms with Crippen molar-refractivity contribution >= 4 is 15.8 Å². The summed E-state index contributed by atoms with van der Waals surface area (Å²) >= 11 is 0. The molecule has 0 saturated heterocycles. The molecule has 0 fully saturated rings. The first-order valence-electron chi connectivity index (χ1n) is 4.75. The van der Waals surface area contributed by atoms with Crippen LogP contribution in [0.25, 0.3) is 0 Å². The summed E-state index contributed by atoms with van der Waals surface area (Å²) < 4.78 is 27.9. The standard InChI is InChI=1S/C10H18O4S/c1-7(2)6-15(12,13)9(5)14-10(11)8(3)4/h7,9H,3,6H2,1-2,4-5H3. The van der Waals surface area contributed by atoms with Gasteiger partial charge in [0.05, 0.1) is 5.75 Å². The minimum atomic E-state index is -3.37. The molecular formula is C10H18O4S. The normalized spacial score (nSPS) is 13.7. The Morgan fingerprint density at radius 3 is 2.13 bits per heavy atom. The van der Waals surface area contributed by atoms with Crippen molar-refractivity contribution < 1.29 is 17.9 Å². The van der Waals surface area contributed by atoms with E-state index >= 15 is 0 Å². The zero-order valence-corrected chi connectivity index (χ0v) is 10.4. The van der Waals surface area contributed by atoms with Gasteiger partial charge in [-0.2, -0.15) is 0 Å². The molecule has 5 heteroatoms. The summed E-state index contributed by atoms with van der Waals surface area (Å²) in [7, 11) is -3.37. The second kappa shape index (κ2) is 5.30. The van der Waals surface area contributed by atoms with Gasteiger partial charge in [0, 0.05) is 5.57 Å². The first-order chi connectivity index (χ1) is 6.66. The maximum atomic E-state index is 11.6. The van der Waals surface area contributed by atoms with Crippen molar-refractivity contribution in [3.8, 4) is 0 Å². The molecule has 0 amide bonds. The van der Waals surface area contributed by atoms with Gasteiger partial charge >= 0.3 is 5.97 Å². The molecule has 4 nitrogen and oxygen atoms in total. The molecule has 0 aliphatic rings. The van der Waals surface area contributed by atoms with Gasteiger partial charge < -0.3 is 4.74 Å². The van der Waals surface area contributed by atoms with Crippen molar-refractivity contribution in [3.63, 3.8) is 0 Å².